The standard InChI is InChI=1S/C8H8O3S.C2H6/c1-2-11-8(10)7(9)6-4-3-5-12-6;1-2/h3-5H,2H2,1H3;1-2H3. The van der Waals surface area contributed by atoms with Gasteiger partial charge in [-0.05, 0) is 18.4 Å². The van der Waals surface area contributed by atoms with E-state index in [4.69, 9.17) is 0 Å². The summed E-state index contributed by atoms with van der Waals surface area (Å²) in [5, 5.41) is 1.74. The van der Waals surface area contributed by atoms with E-state index in [2.05, 4.69) is 4.74 Å². The number of thiophene rings is 1. The Morgan fingerprint density at radius 2 is 2.07 bits per heavy atom. The SMILES string of the molecule is CC.CCOC(=O)C(=O)c1cccs1. The summed E-state index contributed by atoms with van der Waals surface area (Å²) in [6.45, 7) is 5.90. The molecule has 0 aliphatic carbocycles. The lowest BCUT2D eigenvalue weighted by Crippen LogP contribution is -2.16. The minimum Gasteiger partial charge on any atom is -0.460 e. The van der Waals surface area contributed by atoms with Gasteiger partial charge in [0.05, 0.1) is 11.5 Å². The molecule has 0 N–H and O–H groups in total. The zero-order chi connectivity index (χ0) is 11.0. The maximum absolute atomic E-state index is 11.1. The Kier molecular flexibility index (Phi) is 6.66. The zero-order valence-electron chi connectivity index (χ0n) is 8.57. The van der Waals surface area contributed by atoms with E-state index in [0.717, 1.165) is 0 Å². The first kappa shape index (κ1) is 12.8. The summed E-state index contributed by atoms with van der Waals surface area (Å²) in [6.07, 6.45) is 0. The van der Waals surface area contributed by atoms with E-state index in [1.54, 1.807) is 24.4 Å². The minimum absolute atomic E-state index is 0.232. The number of hydrogen-bond acceptors (Lipinski definition) is 4. The Morgan fingerprint density at radius 1 is 1.43 bits per heavy atom. The Balaban J connectivity index is 0.000000791. The molecule has 0 bridgehead atoms. The van der Waals surface area contributed by atoms with Crippen LogP contribution in [-0.4, -0.2) is 18.4 Å². The van der Waals surface area contributed by atoms with Crippen LogP contribution in [0.25, 0.3) is 0 Å². The lowest BCUT2D eigenvalue weighted by atomic mass is 10.3. The summed E-state index contributed by atoms with van der Waals surface area (Å²) in [5.41, 5.74) is 0. The molecule has 1 aromatic rings. The molecule has 78 valence electrons. The van der Waals surface area contributed by atoms with Crippen LogP contribution < -0.4 is 0 Å². The number of rotatable bonds is 3. The molecular weight excluding hydrogens is 200 g/mol. The maximum Gasteiger partial charge on any atom is 0.380 e. The van der Waals surface area contributed by atoms with Crippen LogP contribution in [0.2, 0.25) is 0 Å². The van der Waals surface area contributed by atoms with Crippen LogP contribution in [0.4, 0.5) is 0 Å². The van der Waals surface area contributed by atoms with E-state index in [-0.39, 0.29) is 6.61 Å². The molecule has 3 nitrogen and oxygen atoms in total. The summed E-state index contributed by atoms with van der Waals surface area (Å²) in [5.74, 6) is -1.34. The van der Waals surface area contributed by atoms with Crippen molar-refractivity contribution in [2.45, 2.75) is 20.8 Å². The van der Waals surface area contributed by atoms with E-state index in [0.29, 0.717) is 4.88 Å². The van der Waals surface area contributed by atoms with Crippen molar-refractivity contribution in [2.75, 3.05) is 6.61 Å². The monoisotopic (exact) mass is 214 g/mol. The van der Waals surface area contributed by atoms with Crippen LogP contribution in [-0.2, 0) is 9.53 Å². The number of ether oxygens (including phenoxy) is 1. The van der Waals surface area contributed by atoms with Gasteiger partial charge in [0.15, 0.2) is 0 Å². The van der Waals surface area contributed by atoms with E-state index in [1.165, 1.54) is 11.3 Å². The van der Waals surface area contributed by atoms with Gasteiger partial charge in [-0.25, -0.2) is 4.79 Å². The lowest BCUT2D eigenvalue weighted by molar-refractivity contribution is -0.137. The Bertz CT molecular complexity index is 278. The largest absolute Gasteiger partial charge is 0.460 e. The zero-order valence-corrected chi connectivity index (χ0v) is 9.39. The molecule has 0 amide bonds. The van der Waals surface area contributed by atoms with Crippen LogP contribution in [0.5, 0.6) is 0 Å². The van der Waals surface area contributed by atoms with E-state index >= 15 is 0 Å². The predicted octanol–water partition coefficient (Wildman–Crippen LogP) is 2.52. The van der Waals surface area contributed by atoms with Gasteiger partial charge < -0.3 is 4.74 Å². The van der Waals surface area contributed by atoms with Crippen molar-refractivity contribution in [1.29, 1.82) is 0 Å². The second kappa shape index (κ2) is 7.26. The average molecular weight is 214 g/mol. The molecule has 0 saturated heterocycles. The molecule has 0 saturated carbocycles. The topological polar surface area (TPSA) is 43.4 Å². The molecule has 0 aliphatic rings. The number of hydrogen-bond donors (Lipinski definition) is 0. The summed E-state index contributed by atoms with van der Waals surface area (Å²) in [7, 11) is 0. The van der Waals surface area contributed by atoms with Gasteiger partial charge in [0.25, 0.3) is 5.78 Å². The molecule has 14 heavy (non-hydrogen) atoms. The van der Waals surface area contributed by atoms with Crippen molar-refractivity contribution in [3.63, 3.8) is 0 Å². The predicted molar refractivity (Wildman–Crippen MR) is 56.6 cm³/mol. The number of carbonyl (C=O) groups is 2. The second-order valence-electron chi connectivity index (χ2n) is 2.03. The molecule has 0 unspecified atom stereocenters. The highest BCUT2D eigenvalue weighted by Crippen LogP contribution is 2.09. The third kappa shape index (κ3) is 3.70. The summed E-state index contributed by atoms with van der Waals surface area (Å²) in [4.78, 5) is 22.4. The van der Waals surface area contributed by atoms with E-state index in [1.807, 2.05) is 13.8 Å². The summed E-state index contributed by atoms with van der Waals surface area (Å²) >= 11 is 1.23. The van der Waals surface area contributed by atoms with Gasteiger partial charge in [-0.2, -0.15) is 0 Å². The highest BCUT2D eigenvalue weighted by atomic mass is 32.1. The van der Waals surface area contributed by atoms with Gasteiger partial charge in [-0.15, -0.1) is 11.3 Å². The van der Waals surface area contributed by atoms with Crippen LogP contribution in [0, 0.1) is 0 Å². The Hall–Kier alpha value is -1.16. The molecule has 1 rings (SSSR count). The van der Waals surface area contributed by atoms with Crippen LogP contribution >= 0.6 is 11.3 Å². The molecule has 4 heteroatoms. The van der Waals surface area contributed by atoms with Crippen LogP contribution in [0.15, 0.2) is 17.5 Å². The third-order valence-corrected chi connectivity index (χ3v) is 2.07. The lowest BCUT2D eigenvalue weighted by Gasteiger charge is -1.96. The summed E-state index contributed by atoms with van der Waals surface area (Å²) in [6, 6.07) is 3.32. The van der Waals surface area contributed by atoms with E-state index < -0.39 is 11.8 Å². The number of esters is 1. The normalized spacial score (nSPS) is 8.50. The first-order chi connectivity index (χ1) is 6.75. The van der Waals surface area contributed by atoms with Crippen molar-refractivity contribution in [1.82, 2.24) is 0 Å². The molecule has 0 radical (unpaired) electrons. The van der Waals surface area contributed by atoms with Crippen molar-refractivity contribution >= 4 is 23.1 Å². The highest BCUT2D eigenvalue weighted by Gasteiger charge is 2.17. The minimum atomic E-state index is -0.778. The van der Waals surface area contributed by atoms with Gasteiger partial charge >= 0.3 is 5.97 Å². The Labute approximate surface area is 87.7 Å². The van der Waals surface area contributed by atoms with Gasteiger partial charge in [0.1, 0.15) is 0 Å². The number of ketones is 1. The molecule has 0 atom stereocenters. The first-order valence-corrected chi connectivity index (χ1v) is 5.38. The molecule has 1 aromatic heterocycles. The van der Waals surface area contributed by atoms with Gasteiger partial charge in [0.2, 0.25) is 0 Å². The maximum atomic E-state index is 11.1. The fourth-order valence-electron chi connectivity index (χ4n) is 0.705. The fraction of sp³-hybridized carbons (Fsp3) is 0.400. The first-order valence-electron chi connectivity index (χ1n) is 4.50. The van der Waals surface area contributed by atoms with Crippen molar-refractivity contribution in [3.05, 3.63) is 22.4 Å². The second-order valence-corrected chi connectivity index (χ2v) is 2.97. The smallest absolute Gasteiger partial charge is 0.380 e. The van der Waals surface area contributed by atoms with Gasteiger partial charge in [-0.1, -0.05) is 19.9 Å². The quantitative estimate of drug-likeness (QED) is 0.441. The summed E-state index contributed by atoms with van der Waals surface area (Å²) < 4.78 is 4.55. The average Bonchev–Trinajstić information content (AvgIpc) is 2.73. The number of Topliss-reactive ketones (excluding diaryl/α,β-unsaturated/α-hetero) is 1. The van der Waals surface area contributed by atoms with Crippen LogP contribution in [0.1, 0.15) is 30.4 Å². The van der Waals surface area contributed by atoms with E-state index in [9.17, 15) is 9.59 Å². The highest BCUT2D eigenvalue weighted by molar-refractivity contribution is 7.12. The molecule has 0 spiro atoms. The molecular formula is C10H14O3S. The van der Waals surface area contributed by atoms with Gasteiger partial charge in [-0.3, -0.25) is 4.79 Å². The fourth-order valence-corrected chi connectivity index (χ4v) is 1.36. The number of carbonyl (C=O) groups excluding carboxylic acids is 2. The van der Waals surface area contributed by atoms with Crippen molar-refractivity contribution in [3.8, 4) is 0 Å². The molecule has 0 fully saturated rings. The van der Waals surface area contributed by atoms with Crippen molar-refractivity contribution < 1.29 is 14.3 Å². The molecule has 0 aromatic carbocycles. The van der Waals surface area contributed by atoms with Crippen molar-refractivity contribution in [2.24, 2.45) is 0 Å². The molecule has 1 heterocycles. The van der Waals surface area contributed by atoms with Gasteiger partial charge in [0, 0.05) is 0 Å². The van der Waals surface area contributed by atoms with Crippen LogP contribution in [0.3, 0.4) is 0 Å². The molecule has 0 aliphatic heterocycles. The third-order valence-electron chi connectivity index (χ3n) is 1.21. The Morgan fingerprint density at radius 3 is 2.50 bits per heavy atom.